The molecule has 9 heteroatoms. The van der Waals surface area contributed by atoms with E-state index in [1.807, 2.05) is 9.80 Å². The number of rotatable bonds is 2. The van der Waals surface area contributed by atoms with Crippen LogP contribution in [0, 0.1) is 12.8 Å². The molecule has 2 fully saturated rings. The number of fused-ring (bicyclic) bond motifs is 1. The second-order valence-corrected chi connectivity index (χ2v) is 7.48. The Balaban J connectivity index is 1.53. The summed E-state index contributed by atoms with van der Waals surface area (Å²) in [6.45, 7) is 3.87. The number of nitrogens with one attached hydrogen (secondary N) is 1. The van der Waals surface area contributed by atoms with Crippen molar-refractivity contribution < 1.29 is 18.0 Å². The largest absolute Gasteiger partial charge is 0.418 e. The molecule has 3 heterocycles. The third kappa shape index (κ3) is 3.24. The molecule has 2 aromatic rings. The smallest absolute Gasteiger partial charge is 0.356 e. The maximum Gasteiger partial charge on any atom is 0.418 e. The first-order valence-electron chi connectivity index (χ1n) is 9.09. The van der Waals surface area contributed by atoms with E-state index < -0.39 is 11.7 Å². The van der Waals surface area contributed by atoms with Crippen molar-refractivity contribution in [3.63, 3.8) is 0 Å². The number of carbonyl (C=O) groups is 1. The molecule has 1 saturated carbocycles. The van der Waals surface area contributed by atoms with Crippen molar-refractivity contribution in [3.05, 3.63) is 23.5 Å². The number of pyridine rings is 1. The van der Waals surface area contributed by atoms with E-state index in [-0.39, 0.29) is 23.3 Å². The number of halogens is 3. The Kier molecular flexibility index (Phi) is 4.29. The molecule has 1 amide bonds. The highest BCUT2D eigenvalue weighted by Crippen LogP contribution is 2.37. The van der Waals surface area contributed by atoms with Gasteiger partial charge in [0, 0.05) is 55.4 Å². The van der Waals surface area contributed by atoms with Gasteiger partial charge >= 0.3 is 6.18 Å². The number of aromatic nitrogens is 2. The fourth-order valence-electron chi connectivity index (χ4n) is 3.96. The number of aryl methyl sites for hydroxylation is 1. The highest BCUT2D eigenvalue weighted by molar-refractivity contribution is 5.93. The molecule has 0 spiro atoms. The molecule has 146 valence electrons. The van der Waals surface area contributed by atoms with Crippen molar-refractivity contribution in [1.29, 1.82) is 0 Å². The van der Waals surface area contributed by atoms with Crippen molar-refractivity contribution in [3.8, 4) is 0 Å². The molecule has 2 aliphatic rings. The molecule has 4 rings (SSSR count). The van der Waals surface area contributed by atoms with Crippen LogP contribution in [0.3, 0.4) is 0 Å². The van der Waals surface area contributed by atoms with Crippen LogP contribution in [0.2, 0.25) is 0 Å². The number of aromatic amines is 1. The van der Waals surface area contributed by atoms with Crippen LogP contribution >= 0.6 is 0 Å². The monoisotopic (exact) mass is 381 g/mol. The van der Waals surface area contributed by atoms with Gasteiger partial charge < -0.3 is 20.5 Å². The minimum absolute atomic E-state index is 0.0218. The van der Waals surface area contributed by atoms with Gasteiger partial charge in [0.05, 0.1) is 11.1 Å². The Hall–Kier alpha value is -2.29. The highest BCUT2D eigenvalue weighted by Gasteiger charge is 2.37. The summed E-state index contributed by atoms with van der Waals surface area (Å²) < 4.78 is 39.8. The van der Waals surface area contributed by atoms with E-state index in [0.29, 0.717) is 43.2 Å². The van der Waals surface area contributed by atoms with Crippen LogP contribution in [0.25, 0.3) is 10.9 Å². The fraction of sp³-hybridized carbons (Fsp3) is 0.556. The van der Waals surface area contributed by atoms with Crippen molar-refractivity contribution in [2.75, 3.05) is 31.1 Å². The number of nitrogens with two attached hydrogens (primary N) is 1. The maximum absolute atomic E-state index is 13.3. The number of amides is 1. The van der Waals surface area contributed by atoms with Crippen LogP contribution in [0.15, 0.2) is 12.3 Å². The molecular weight excluding hydrogens is 359 g/mol. The second-order valence-electron chi connectivity index (χ2n) is 7.48. The van der Waals surface area contributed by atoms with Gasteiger partial charge in [-0.25, -0.2) is 4.98 Å². The number of carbonyl (C=O) groups excluding carboxylic acids is 1. The van der Waals surface area contributed by atoms with Gasteiger partial charge in [0.25, 0.3) is 0 Å². The van der Waals surface area contributed by atoms with Crippen molar-refractivity contribution >= 4 is 22.6 Å². The zero-order valence-corrected chi connectivity index (χ0v) is 15.0. The van der Waals surface area contributed by atoms with Gasteiger partial charge in [0.2, 0.25) is 5.91 Å². The normalized spacial score (nSPS) is 23.6. The van der Waals surface area contributed by atoms with Gasteiger partial charge in [0.1, 0.15) is 0 Å². The third-order valence-electron chi connectivity index (χ3n) is 5.50. The van der Waals surface area contributed by atoms with Crippen LogP contribution in [0.4, 0.5) is 19.0 Å². The second kappa shape index (κ2) is 6.40. The summed E-state index contributed by atoms with van der Waals surface area (Å²) in [5.74, 6) is 0.662. The van der Waals surface area contributed by atoms with Gasteiger partial charge in [-0.05, 0) is 25.8 Å². The van der Waals surface area contributed by atoms with Crippen LogP contribution in [-0.4, -0.2) is 53.0 Å². The van der Waals surface area contributed by atoms with Crippen molar-refractivity contribution in [2.45, 2.75) is 32.0 Å². The Morgan fingerprint density at radius 2 is 1.93 bits per heavy atom. The molecule has 1 aliphatic carbocycles. The molecule has 0 radical (unpaired) electrons. The van der Waals surface area contributed by atoms with E-state index in [1.54, 1.807) is 6.92 Å². The summed E-state index contributed by atoms with van der Waals surface area (Å²) in [7, 11) is 0. The SMILES string of the molecule is Cc1cc2c(C(F)(F)F)cnc(N3CCN(C(=O)C4CC(N)C4)CC3)c2[nH]1. The quantitative estimate of drug-likeness (QED) is 0.837. The lowest BCUT2D eigenvalue weighted by Gasteiger charge is -2.40. The molecule has 0 atom stereocenters. The molecular formula is C18H22F3N5O. The molecule has 6 nitrogen and oxygen atoms in total. The van der Waals surface area contributed by atoms with E-state index in [1.165, 1.54) is 6.07 Å². The summed E-state index contributed by atoms with van der Waals surface area (Å²) in [4.78, 5) is 23.3. The third-order valence-corrected chi connectivity index (χ3v) is 5.50. The molecule has 0 bridgehead atoms. The zero-order valence-electron chi connectivity index (χ0n) is 15.0. The first-order valence-corrected chi connectivity index (χ1v) is 9.09. The number of piperazine rings is 1. The molecule has 2 aromatic heterocycles. The lowest BCUT2D eigenvalue weighted by molar-refractivity contribution is -0.139. The van der Waals surface area contributed by atoms with Crippen LogP contribution < -0.4 is 10.6 Å². The van der Waals surface area contributed by atoms with Crippen molar-refractivity contribution in [1.82, 2.24) is 14.9 Å². The average Bonchev–Trinajstić information content (AvgIpc) is 2.97. The fourth-order valence-corrected chi connectivity index (χ4v) is 3.96. The van der Waals surface area contributed by atoms with Crippen LogP contribution in [0.1, 0.15) is 24.1 Å². The Bertz CT molecular complexity index is 864. The number of hydrogen-bond acceptors (Lipinski definition) is 4. The number of nitrogens with zero attached hydrogens (tertiary/aromatic N) is 3. The van der Waals surface area contributed by atoms with E-state index in [9.17, 15) is 18.0 Å². The first-order chi connectivity index (χ1) is 12.7. The van der Waals surface area contributed by atoms with Gasteiger partial charge in [0.15, 0.2) is 5.82 Å². The number of H-pyrrole nitrogens is 1. The van der Waals surface area contributed by atoms with E-state index in [0.717, 1.165) is 19.0 Å². The van der Waals surface area contributed by atoms with Gasteiger partial charge in [-0.2, -0.15) is 13.2 Å². The summed E-state index contributed by atoms with van der Waals surface area (Å²) >= 11 is 0. The summed E-state index contributed by atoms with van der Waals surface area (Å²) in [5, 5.41) is 0.131. The zero-order chi connectivity index (χ0) is 19.3. The molecule has 1 saturated heterocycles. The lowest BCUT2D eigenvalue weighted by atomic mass is 9.80. The van der Waals surface area contributed by atoms with Crippen molar-refractivity contribution in [2.24, 2.45) is 11.7 Å². The van der Waals surface area contributed by atoms with Gasteiger partial charge in [-0.1, -0.05) is 0 Å². The first kappa shape index (κ1) is 18.1. The lowest BCUT2D eigenvalue weighted by Crippen LogP contribution is -2.53. The Labute approximate surface area is 154 Å². The minimum Gasteiger partial charge on any atom is -0.356 e. The standard InChI is InChI=1S/C18H22F3N5O/c1-10-6-13-14(18(19,20)21)9-23-16(15(13)24-10)25-2-4-26(5-3-25)17(27)11-7-12(22)8-11/h6,9,11-12,24H,2-5,7-8,22H2,1H3. The molecule has 1 aliphatic heterocycles. The summed E-state index contributed by atoms with van der Waals surface area (Å²) in [6, 6.07) is 1.63. The Morgan fingerprint density at radius 3 is 2.52 bits per heavy atom. The average molecular weight is 381 g/mol. The highest BCUT2D eigenvalue weighted by atomic mass is 19.4. The predicted octanol–water partition coefficient (Wildman–Crippen LogP) is 2.28. The molecule has 0 unspecified atom stereocenters. The Morgan fingerprint density at radius 1 is 1.26 bits per heavy atom. The van der Waals surface area contributed by atoms with E-state index in [2.05, 4.69) is 9.97 Å². The summed E-state index contributed by atoms with van der Waals surface area (Å²) in [6.07, 6.45) is -2.07. The number of hydrogen-bond donors (Lipinski definition) is 2. The number of alkyl halides is 3. The predicted molar refractivity (Wildman–Crippen MR) is 95.3 cm³/mol. The van der Waals surface area contributed by atoms with Crippen LogP contribution in [-0.2, 0) is 11.0 Å². The molecule has 0 aromatic carbocycles. The van der Waals surface area contributed by atoms with E-state index >= 15 is 0 Å². The molecule has 3 N–H and O–H groups in total. The minimum atomic E-state index is -4.45. The molecule has 27 heavy (non-hydrogen) atoms. The summed E-state index contributed by atoms with van der Waals surface area (Å²) in [5.41, 5.74) is 6.07. The topological polar surface area (TPSA) is 78.2 Å². The number of anilines is 1. The van der Waals surface area contributed by atoms with Crippen LogP contribution in [0.5, 0.6) is 0 Å². The maximum atomic E-state index is 13.3. The van der Waals surface area contributed by atoms with E-state index in [4.69, 9.17) is 5.73 Å². The van der Waals surface area contributed by atoms with Gasteiger partial charge in [-0.15, -0.1) is 0 Å². The van der Waals surface area contributed by atoms with Gasteiger partial charge in [-0.3, -0.25) is 4.79 Å².